The summed E-state index contributed by atoms with van der Waals surface area (Å²) < 4.78 is 0. The molecule has 0 aromatic heterocycles. The Morgan fingerprint density at radius 3 is 2.40 bits per heavy atom. The van der Waals surface area contributed by atoms with Crippen molar-refractivity contribution in [2.45, 2.75) is 38.7 Å². The summed E-state index contributed by atoms with van der Waals surface area (Å²) in [7, 11) is 0. The lowest BCUT2D eigenvalue weighted by Crippen LogP contribution is -2.27. The zero-order chi connectivity index (χ0) is 7.61. The average Bonchev–Trinajstić information content (AvgIpc) is 2.36. The van der Waals surface area contributed by atoms with Crippen molar-refractivity contribution in [2.75, 3.05) is 0 Å². The number of terminal acetylenes is 1. The molecule has 1 saturated carbocycles. The lowest BCUT2D eigenvalue weighted by molar-refractivity contribution is 0.0895. The van der Waals surface area contributed by atoms with Crippen molar-refractivity contribution in [3.05, 3.63) is 0 Å². The van der Waals surface area contributed by atoms with Gasteiger partial charge in [-0.2, -0.15) is 0 Å². The maximum Gasteiger partial charge on any atom is 0.119 e. The first-order valence-corrected chi connectivity index (χ1v) is 3.83. The van der Waals surface area contributed by atoms with Crippen molar-refractivity contribution in [1.82, 2.24) is 0 Å². The highest BCUT2D eigenvalue weighted by Crippen LogP contribution is 2.40. The predicted octanol–water partition coefficient (Wildman–Crippen LogP) is 1.56. The molecule has 10 heavy (non-hydrogen) atoms. The molecule has 1 unspecified atom stereocenters. The predicted molar refractivity (Wildman–Crippen MR) is 41.4 cm³/mol. The van der Waals surface area contributed by atoms with Gasteiger partial charge in [-0.05, 0) is 12.8 Å². The summed E-state index contributed by atoms with van der Waals surface area (Å²) in [5.41, 5.74) is 0.0226. The second-order valence-electron chi connectivity index (χ2n) is 3.43. The third kappa shape index (κ3) is 1.17. The van der Waals surface area contributed by atoms with Gasteiger partial charge in [-0.1, -0.05) is 25.7 Å². The van der Waals surface area contributed by atoms with E-state index in [1.807, 2.05) is 0 Å². The topological polar surface area (TPSA) is 20.2 Å². The molecule has 1 N–H and O–H groups in total. The summed E-state index contributed by atoms with van der Waals surface area (Å²) in [5, 5.41) is 9.38. The van der Waals surface area contributed by atoms with Crippen LogP contribution in [0.2, 0.25) is 0 Å². The second kappa shape index (κ2) is 2.64. The summed E-state index contributed by atoms with van der Waals surface area (Å²) in [6.45, 7) is 2.07. The van der Waals surface area contributed by atoms with Crippen LogP contribution in [-0.4, -0.2) is 11.2 Å². The van der Waals surface area contributed by atoms with Crippen molar-refractivity contribution in [3.8, 4) is 12.3 Å². The molecule has 1 aliphatic rings. The van der Waals surface area contributed by atoms with Gasteiger partial charge in [-0.15, -0.1) is 6.42 Å². The lowest BCUT2D eigenvalue weighted by atomic mass is 9.83. The summed E-state index contributed by atoms with van der Waals surface area (Å²) >= 11 is 0. The van der Waals surface area contributed by atoms with E-state index < -0.39 is 6.10 Å². The van der Waals surface area contributed by atoms with Crippen molar-refractivity contribution in [2.24, 2.45) is 5.41 Å². The van der Waals surface area contributed by atoms with Gasteiger partial charge in [0.2, 0.25) is 0 Å². The fourth-order valence-electron chi connectivity index (χ4n) is 1.66. The normalized spacial score (nSPS) is 25.7. The minimum Gasteiger partial charge on any atom is -0.380 e. The van der Waals surface area contributed by atoms with Gasteiger partial charge in [0, 0.05) is 5.41 Å². The molecule has 0 radical (unpaired) electrons. The Kier molecular flexibility index (Phi) is 2.01. The van der Waals surface area contributed by atoms with Gasteiger partial charge in [-0.3, -0.25) is 0 Å². The van der Waals surface area contributed by atoms with E-state index in [1.165, 1.54) is 12.8 Å². The zero-order valence-electron chi connectivity index (χ0n) is 6.43. The second-order valence-corrected chi connectivity index (χ2v) is 3.43. The molecule has 1 aliphatic carbocycles. The van der Waals surface area contributed by atoms with Gasteiger partial charge in [0.15, 0.2) is 0 Å². The zero-order valence-corrected chi connectivity index (χ0v) is 6.43. The van der Waals surface area contributed by atoms with Crippen LogP contribution in [0.3, 0.4) is 0 Å². The molecule has 1 atom stereocenters. The highest BCUT2D eigenvalue weighted by molar-refractivity contribution is 5.03. The van der Waals surface area contributed by atoms with E-state index in [0.717, 1.165) is 12.8 Å². The van der Waals surface area contributed by atoms with E-state index in [0.29, 0.717) is 0 Å². The molecule has 0 amide bonds. The molecule has 1 nitrogen and oxygen atoms in total. The third-order valence-electron chi connectivity index (χ3n) is 2.56. The molecule has 56 valence electrons. The van der Waals surface area contributed by atoms with Gasteiger partial charge in [0.05, 0.1) is 0 Å². The fraction of sp³-hybridized carbons (Fsp3) is 0.778. The van der Waals surface area contributed by atoms with Crippen molar-refractivity contribution in [1.29, 1.82) is 0 Å². The molecule has 0 aromatic carbocycles. The van der Waals surface area contributed by atoms with Gasteiger partial charge < -0.3 is 5.11 Å². The van der Waals surface area contributed by atoms with Crippen LogP contribution in [0.1, 0.15) is 32.6 Å². The highest BCUT2D eigenvalue weighted by atomic mass is 16.3. The molecule has 1 heteroatoms. The molecule has 0 aliphatic heterocycles. The SMILES string of the molecule is C#CC(O)C1(C)CCCC1. The highest BCUT2D eigenvalue weighted by Gasteiger charge is 2.34. The molecular formula is C9H14O. The van der Waals surface area contributed by atoms with E-state index in [2.05, 4.69) is 12.8 Å². The summed E-state index contributed by atoms with van der Waals surface area (Å²) in [6.07, 6.45) is 9.20. The molecule has 0 spiro atoms. The van der Waals surface area contributed by atoms with Gasteiger partial charge in [0.1, 0.15) is 6.10 Å². The number of hydrogen-bond acceptors (Lipinski definition) is 1. The van der Waals surface area contributed by atoms with Crippen LogP contribution in [0.25, 0.3) is 0 Å². The van der Waals surface area contributed by atoms with E-state index >= 15 is 0 Å². The Labute approximate surface area is 62.4 Å². The van der Waals surface area contributed by atoms with Gasteiger partial charge >= 0.3 is 0 Å². The number of aliphatic hydroxyl groups is 1. The van der Waals surface area contributed by atoms with Crippen molar-refractivity contribution >= 4 is 0 Å². The van der Waals surface area contributed by atoms with Gasteiger partial charge in [-0.25, -0.2) is 0 Å². The first kappa shape index (κ1) is 7.63. The average molecular weight is 138 g/mol. The van der Waals surface area contributed by atoms with Crippen LogP contribution in [0.4, 0.5) is 0 Å². The fourth-order valence-corrected chi connectivity index (χ4v) is 1.66. The molecule has 0 bridgehead atoms. The van der Waals surface area contributed by atoms with Crippen LogP contribution in [0.5, 0.6) is 0 Å². The first-order chi connectivity index (χ1) is 4.69. The number of aliphatic hydroxyl groups excluding tert-OH is 1. The van der Waals surface area contributed by atoms with Crippen LogP contribution in [0.15, 0.2) is 0 Å². The molecule has 0 aromatic rings. The maximum absolute atomic E-state index is 9.38. The summed E-state index contributed by atoms with van der Waals surface area (Å²) in [6, 6.07) is 0. The summed E-state index contributed by atoms with van der Waals surface area (Å²) in [5.74, 6) is 2.40. The van der Waals surface area contributed by atoms with Crippen molar-refractivity contribution in [3.63, 3.8) is 0 Å². The van der Waals surface area contributed by atoms with E-state index in [9.17, 15) is 5.11 Å². The molecule has 1 rings (SSSR count). The molecule has 0 heterocycles. The number of rotatable bonds is 1. The van der Waals surface area contributed by atoms with Crippen molar-refractivity contribution < 1.29 is 5.11 Å². The maximum atomic E-state index is 9.38. The quantitative estimate of drug-likeness (QED) is 0.545. The van der Waals surface area contributed by atoms with Crippen LogP contribution in [0, 0.1) is 17.8 Å². The van der Waals surface area contributed by atoms with E-state index in [1.54, 1.807) is 0 Å². The monoisotopic (exact) mass is 138 g/mol. The standard InChI is InChI=1S/C9H14O/c1-3-8(10)9(2)6-4-5-7-9/h1,8,10H,4-7H2,2H3. The molecule has 0 saturated heterocycles. The van der Waals surface area contributed by atoms with E-state index in [-0.39, 0.29) is 5.41 Å². The Balaban J connectivity index is 2.60. The van der Waals surface area contributed by atoms with Crippen LogP contribution < -0.4 is 0 Å². The first-order valence-electron chi connectivity index (χ1n) is 3.83. The Hall–Kier alpha value is -0.480. The minimum atomic E-state index is -0.532. The van der Waals surface area contributed by atoms with Gasteiger partial charge in [0.25, 0.3) is 0 Å². The minimum absolute atomic E-state index is 0.0226. The third-order valence-corrected chi connectivity index (χ3v) is 2.56. The van der Waals surface area contributed by atoms with Crippen LogP contribution >= 0.6 is 0 Å². The Morgan fingerprint density at radius 1 is 1.50 bits per heavy atom. The lowest BCUT2D eigenvalue weighted by Gasteiger charge is -2.25. The smallest absolute Gasteiger partial charge is 0.119 e. The number of hydrogen-bond donors (Lipinski definition) is 1. The van der Waals surface area contributed by atoms with Crippen LogP contribution in [-0.2, 0) is 0 Å². The van der Waals surface area contributed by atoms with E-state index in [4.69, 9.17) is 6.42 Å². The Bertz CT molecular complexity index is 149. The Morgan fingerprint density at radius 2 is 2.00 bits per heavy atom. The largest absolute Gasteiger partial charge is 0.380 e. The molecular weight excluding hydrogens is 124 g/mol. The molecule has 1 fully saturated rings. The summed E-state index contributed by atoms with van der Waals surface area (Å²) in [4.78, 5) is 0.